The van der Waals surface area contributed by atoms with Gasteiger partial charge in [-0.25, -0.2) is 9.98 Å². The topological polar surface area (TPSA) is 71.6 Å². The van der Waals surface area contributed by atoms with Crippen LogP contribution in [0.3, 0.4) is 0 Å². The van der Waals surface area contributed by atoms with Crippen molar-refractivity contribution in [1.29, 1.82) is 0 Å². The standard InChI is InChI=1S/C25H31N7/c1-8-31(9-2)20-15-14-19(17(4)26-20)27-21-22(25(5,6)7)30-32-23(28-29-24(21)32)18-12-10-16(3)11-13-18/h10-15H,8-9H2,1-7H3/b27-21+. The number of benzene rings is 1. The zero-order chi connectivity index (χ0) is 23.0. The van der Waals surface area contributed by atoms with Gasteiger partial charge < -0.3 is 4.90 Å². The first kappa shape index (κ1) is 21.9. The number of rotatable bonds is 5. The lowest BCUT2D eigenvalue weighted by atomic mass is 9.87. The molecule has 0 fully saturated rings. The second-order valence-electron chi connectivity index (χ2n) is 9.13. The van der Waals surface area contributed by atoms with Crippen molar-refractivity contribution < 1.29 is 0 Å². The molecule has 1 aliphatic rings. The summed E-state index contributed by atoms with van der Waals surface area (Å²) in [6, 6.07) is 12.3. The van der Waals surface area contributed by atoms with Crippen LogP contribution in [0.1, 0.15) is 51.7 Å². The van der Waals surface area contributed by atoms with Crippen molar-refractivity contribution in [1.82, 2.24) is 19.9 Å². The highest BCUT2D eigenvalue weighted by atomic mass is 15.5. The lowest BCUT2D eigenvalue weighted by Gasteiger charge is -2.20. The highest BCUT2D eigenvalue weighted by Crippen LogP contribution is 2.31. The third-order valence-corrected chi connectivity index (χ3v) is 5.66. The summed E-state index contributed by atoms with van der Waals surface area (Å²) in [6.07, 6.45) is 0. The molecule has 0 unspecified atom stereocenters. The minimum atomic E-state index is -0.202. The monoisotopic (exact) mass is 429 g/mol. The fourth-order valence-electron chi connectivity index (χ4n) is 3.77. The summed E-state index contributed by atoms with van der Waals surface area (Å²) in [7, 11) is 0. The van der Waals surface area contributed by atoms with Crippen LogP contribution < -0.4 is 4.90 Å². The van der Waals surface area contributed by atoms with Gasteiger partial charge in [0.25, 0.3) is 0 Å². The lowest BCUT2D eigenvalue weighted by Crippen LogP contribution is -2.27. The highest BCUT2D eigenvalue weighted by molar-refractivity contribution is 6.50. The quantitative estimate of drug-likeness (QED) is 0.560. The van der Waals surface area contributed by atoms with Gasteiger partial charge >= 0.3 is 0 Å². The van der Waals surface area contributed by atoms with Crippen molar-refractivity contribution in [3.63, 3.8) is 0 Å². The minimum absolute atomic E-state index is 0.202. The molecule has 32 heavy (non-hydrogen) atoms. The molecule has 0 saturated heterocycles. The Morgan fingerprint density at radius 2 is 1.56 bits per heavy atom. The van der Waals surface area contributed by atoms with Crippen molar-refractivity contribution in [2.24, 2.45) is 15.5 Å². The van der Waals surface area contributed by atoms with Crippen molar-refractivity contribution in [3.05, 3.63) is 53.5 Å². The van der Waals surface area contributed by atoms with Crippen molar-refractivity contribution in [2.45, 2.75) is 48.5 Å². The van der Waals surface area contributed by atoms with Crippen LogP contribution in [0.15, 0.2) is 46.5 Å². The molecule has 0 saturated carbocycles. The van der Waals surface area contributed by atoms with Crippen LogP contribution in [0.2, 0.25) is 0 Å². The van der Waals surface area contributed by atoms with Gasteiger partial charge in [0.05, 0.1) is 17.1 Å². The average molecular weight is 430 g/mol. The molecule has 0 atom stereocenters. The number of aliphatic imine (C=N–C) groups is 1. The molecule has 4 rings (SSSR count). The van der Waals surface area contributed by atoms with E-state index in [0.29, 0.717) is 5.82 Å². The van der Waals surface area contributed by atoms with E-state index in [0.717, 1.165) is 53.1 Å². The van der Waals surface area contributed by atoms with Crippen LogP contribution in [0.25, 0.3) is 11.4 Å². The van der Waals surface area contributed by atoms with Crippen LogP contribution in [0.5, 0.6) is 0 Å². The molecule has 1 aromatic carbocycles. The normalized spacial score (nSPS) is 14.6. The van der Waals surface area contributed by atoms with E-state index in [4.69, 9.17) is 15.1 Å². The first-order valence-corrected chi connectivity index (χ1v) is 11.2. The van der Waals surface area contributed by atoms with Gasteiger partial charge in [-0.15, -0.1) is 10.2 Å². The molecule has 166 valence electrons. The summed E-state index contributed by atoms with van der Waals surface area (Å²) in [4.78, 5) is 12.0. The number of fused-ring (bicyclic) bond motifs is 1. The van der Waals surface area contributed by atoms with Gasteiger partial charge in [0.2, 0.25) is 5.82 Å². The number of aryl methyl sites for hydroxylation is 2. The molecule has 1 aliphatic heterocycles. The summed E-state index contributed by atoms with van der Waals surface area (Å²) in [5.74, 6) is 2.36. The summed E-state index contributed by atoms with van der Waals surface area (Å²) in [6.45, 7) is 16.6. The molecule has 0 radical (unpaired) electrons. The van der Waals surface area contributed by atoms with E-state index < -0.39 is 0 Å². The molecular formula is C25H31N7. The maximum Gasteiger partial charge on any atom is 0.205 e. The molecule has 2 aromatic heterocycles. The third kappa shape index (κ3) is 3.95. The summed E-state index contributed by atoms with van der Waals surface area (Å²) < 4.78 is 1.82. The van der Waals surface area contributed by atoms with Crippen molar-refractivity contribution in [3.8, 4) is 11.4 Å². The molecule has 7 heteroatoms. The summed E-state index contributed by atoms with van der Waals surface area (Å²) in [5.41, 5.74) is 5.33. The molecule has 0 bridgehead atoms. The average Bonchev–Trinajstić information content (AvgIpc) is 3.31. The predicted molar refractivity (Wildman–Crippen MR) is 131 cm³/mol. The first-order valence-electron chi connectivity index (χ1n) is 11.2. The van der Waals surface area contributed by atoms with Crippen LogP contribution in [-0.2, 0) is 0 Å². The van der Waals surface area contributed by atoms with Crippen LogP contribution >= 0.6 is 0 Å². The Morgan fingerprint density at radius 3 is 2.16 bits per heavy atom. The Bertz CT molecular complexity index is 1190. The predicted octanol–water partition coefficient (Wildman–Crippen LogP) is 5.19. The van der Waals surface area contributed by atoms with E-state index in [1.54, 1.807) is 0 Å². The van der Waals surface area contributed by atoms with Crippen LogP contribution in [-0.4, -0.2) is 44.4 Å². The molecule has 0 spiro atoms. The first-order chi connectivity index (χ1) is 15.2. The van der Waals surface area contributed by atoms with Crippen LogP contribution in [0, 0.1) is 19.3 Å². The smallest absolute Gasteiger partial charge is 0.205 e. The molecule has 0 N–H and O–H groups in total. The largest absolute Gasteiger partial charge is 0.357 e. The second kappa shape index (κ2) is 8.30. The van der Waals surface area contributed by atoms with Crippen molar-refractivity contribution in [2.75, 3.05) is 18.0 Å². The van der Waals surface area contributed by atoms with E-state index in [2.05, 4.69) is 68.8 Å². The second-order valence-corrected chi connectivity index (χ2v) is 9.13. The van der Waals surface area contributed by atoms with Gasteiger partial charge in [0, 0.05) is 24.1 Å². The van der Waals surface area contributed by atoms with E-state index in [1.807, 2.05) is 35.9 Å². The van der Waals surface area contributed by atoms with E-state index >= 15 is 0 Å². The van der Waals surface area contributed by atoms with Gasteiger partial charge in [-0.3, -0.25) is 0 Å². The lowest BCUT2D eigenvalue weighted by molar-refractivity contribution is 0.594. The fourth-order valence-corrected chi connectivity index (χ4v) is 3.77. The Kier molecular flexibility index (Phi) is 5.67. The number of hydrogen-bond acceptors (Lipinski definition) is 6. The number of aromatic nitrogens is 4. The van der Waals surface area contributed by atoms with Gasteiger partial charge in [0.1, 0.15) is 11.5 Å². The van der Waals surface area contributed by atoms with E-state index in [1.165, 1.54) is 5.56 Å². The third-order valence-electron chi connectivity index (χ3n) is 5.66. The maximum atomic E-state index is 5.00. The number of nitrogens with zero attached hydrogens (tertiary/aromatic N) is 7. The zero-order valence-electron chi connectivity index (χ0n) is 20.0. The Labute approximate surface area is 189 Å². The fraction of sp³-hybridized carbons (Fsp3) is 0.400. The van der Waals surface area contributed by atoms with Gasteiger partial charge in [-0.1, -0.05) is 50.6 Å². The molecule has 7 nitrogen and oxygen atoms in total. The number of hydrogen-bond donors (Lipinski definition) is 0. The van der Waals surface area contributed by atoms with Crippen LogP contribution in [0.4, 0.5) is 11.5 Å². The van der Waals surface area contributed by atoms with Gasteiger partial charge in [-0.2, -0.15) is 9.78 Å². The zero-order valence-corrected chi connectivity index (χ0v) is 20.0. The number of anilines is 1. The Morgan fingerprint density at radius 1 is 0.906 bits per heavy atom. The molecule has 0 amide bonds. The summed E-state index contributed by atoms with van der Waals surface area (Å²) >= 11 is 0. The van der Waals surface area contributed by atoms with E-state index in [-0.39, 0.29) is 5.41 Å². The van der Waals surface area contributed by atoms with Crippen molar-refractivity contribution >= 4 is 22.9 Å². The van der Waals surface area contributed by atoms with Gasteiger partial charge in [0.15, 0.2) is 5.82 Å². The molecule has 3 heterocycles. The minimum Gasteiger partial charge on any atom is -0.357 e. The molecule has 0 aliphatic carbocycles. The number of pyridine rings is 1. The van der Waals surface area contributed by atoms with Gasteiger partial charge in [-0.05, 0) is 39.8 Å². The molecular weight excluding hydrogens is 398 g/mol. The molecule has 3 aromatic rings. The Hall–Kier alpha value is -3.35. The SMILES string of the molecule is CCN(CC)c1ccc(/N=C2\C(C(C)(C)C)=Nn3c2nnc3-c2ccc(C)cc2)c(C)n1. The highest BCUT2D eigenvalue weighted by Gasteiger charge is 2.35. The van der Waals surface area contributed by atoms with E-state index in [9.17, 15) is 0 Å². The maximum absolute atomic E-state index is 5.00. The Balaban J connectivity index is 1.81. The summed E-state index contributed by atoms with van der Waals surface area (Å²) in [5, 5.41) is 13.8.